The molecule has 0 unspecified atom stereocenters. The third-order valence-electron chi connectivity index (χ3n) is 3.75. The van der Waals surface area contributed by atoms with Gasteiger partial charge in [-0.05, 0) is 30.3 Å². The summed E-state index contributed by atoms with van der Waals surface area (Å²) in [5.41, 5.74) is -0.197. The zero-order valence-electron chi connectivity index (χ0n) is 13.8. The molecule has 3 rings (SSSR count). The van der Waals surface area contributed by atoms with E-state index in [-0.39, 0.29) is 27.4 Å². The van der Waals surface area contributed by atoms with Crippen LogP contribution in [-0.2, 0) is 0 Å². The number of hydrogen-bond acceptors (Lipinski definition) is 5. The number of ether oxygens (including phenoxy) is 1. The predicted octanol–water partition coefficient (Wildman–Crippen LogP) is 4.70. The fourth-order valence-corrected chi connectivity index (χ4v) is 2.65. The second kappa shape index (κ2) is 7.80. The Kier molecular flexibility index (Phi) is 5.28. The van der Waals surface area contributed by atoms with Crippen LogP contribution in [0.15, 0.2) is 72.8 Å². The van der Waals surface area contributed by atoms with Crippen molar-refractivity contribution < 1.29 is 19.2 Å². The molecule has 0 N–H and O–H groups in total. The van der Waals surface area contributed by atoms with Gasteiger partial charge in [-0.2, -0.15) is 0 Å². The van der Waals surface area contributed by atoms with Gasteiger partial charge in [-0.25, -0.2) is 4.79 Å². The Balaban J connectivity index is 1.96. The lowest BCUT2D eigenvalue weighted by atomic mass is 9.98. The van der Waals surface area contributed by atoms with E-state index >= 15 is 0 Å². The van der Waals surface area contributed by atoms with Crippen molar-refractivity contribution in [3.63, 3.8) is 0 Å². The average molecular weight is 382 g/mol. The van der Waals surface area contributed by atoms with Gasteiger partial charge in [-0.15, -0.1) is 0 Å². The summed E-state index contributed by atoms with van der Waals surface area (Å²) in [6, 6.07) is 18.3. The van der Waals surface area contributed by atoms with E-state index in [2.05, 4.69) is 0 Å². The number of carbonyl (C=O) groups is 2. The number of carbonyl (C=O) groups excluding carboxylic acids is 2. The third kappa shape index (κ3) is 4.02. The molecule has 134 valence electrons. The Bertz CT molecular complexity index is 1030. The Morgan fingerprint density at radius 2 is 1.52 bits per heavy atom. The monoisotopic (exact) mass is 381 g/mol. The lowest BCUT2D eigenvalue weighted by Gasteiger charge is -2.09. The third-order valence-corrected chi connectivity index (χ3v) is 4.07. The molecule has 3 aromatic carbocycles. The first-order valence-corrected chi connectivity index (χ1v) is 8.20. The number of benzene rings is 3. The topological polar surface area (TPSA) is 86.5 Å². The van der Waals surface area contributed by atoms with Gasteiger partial charge >= 0.3 is 5.97 Å². The van der Waals surface area contributed by atoms with E-state index in [9.17, 15) is 19.7 Å². The summed E-state index contributed by atoms with van der Waals surface area (Å²) in [5, 5.41) is 11.0. The molecule has 3 aromatic rings. The van der Waals surface area contributed by atoms with Crippen LogP contribution in [0.3, 0.4) is 0 Å². The minimum atomic E-state index is -0.700. The minimum absolute atomic E-state index is 0.0473. The van der Waals surface area contributed by atoms with Gasteiger partial charge in [0, 0.05) is 17.2 Å². The zero-order chi connectivity index (χ0) is 19.4. The smallest absolute Gasteiger partial charge is 0.344 e. The molecule has 0 heterocycles. The normalized spacial score (nSPS) is 10.3. The highest BCUT2D eigenvalue weighted by Gasteiger charge is 2.22. The Morgan fingerprint density at radius 3 is 2.19 bits per heavy atom. The van der Waals surface area contributed by atoms with Crippen molar-refractivity contribution in [1.29, 1.82) is 0 Å². The number of nitro groups is 1. The van der Waals surface area contributed by atoms with E-state index < -0.39 is 16.7 Å². The molecule has 27 heavy (non-hydrogen) atoms. The van der Waals surface area contributed by atoms with Crippen LogP contribution in [-0.4, -0.2) is 16.7 Å². The highest BCUT2D eigenvalue weighted by atomic mass is 35.5. The lowest BCUT2D eigenvalue weighted by Crippen LogP contribution is -2.15. The standard InChI is InChI=1S/C20H12ClNO5/c21-17-11-10-13(12-18(17)22(25)26)19(23)15-8-4-5-9-16(15)20(24)27-14-6-2-1-3-7-14/h1-12H. The van der Waals surface area contributed by atoms with E-state index in [1.165, 1.54) is 24.3 Å². The molecule has 0 amide bonds. The minimum Gasteiger partial charge on any atom is -0.423 e. The quantitative estimate of drug-likeness (QED) is 0.210. The Hall–Kier alpha value is -3.51. The summed E-state index contributed by atoms with van der Waals surface area (Å²) < 4.78 is 5.29. The second-order valence-corrected chi connectivity index (χ2v) is 5.91. The Morgan fingerprint density at radius 1 is 0.889 bits per heavy atom. The van der Waals surface area contributed by atoms with Gasteiger partial charge in [0.25, 0.3) is 5.69 Å². The van der Waals surface area contributed by atoms with Crippen LogP contribution < -0.4 is 4.74 Å². The lowest BCUT2D eigenvalue weighted by molar-refractivity contribution is -0.384. The summed E-state index contributed by atoms with van der Waals surface area (Å²) in [7, 11) is 0. The van der Waals surface area contributed by atoms with Crippen LogP contribution in [0.1, 0.15) is 26.3 Å². The molecule has 0 saturated heterocycles. The molecule has 0 aliphatic heterocycles. The van der Waals surface area contributed by atoms with E-state index in [4.69, 9.17) is 16.3 Å². The van der Waals surface area contributed by atoms with Gasteiger partial charge in [-0.3, -0.25) is 14.9 Å². The highest BCUT2D eigenvalue weighted by Crippen LogP contribution is 2.27. The largest absolute Gasteiger partial charge is 0.423 e. The van der Waals surface area contributed by atoms with E-state index in [0.717, 1.165) is 6.07 Å². The molecule has 0 bridgehead atoms. The van der Waals surface area contributed by atoms with Gasteiger partial charge < -0.3 is 4.74 Å². The van der Waals surface area contributed by atoms with Gasteiger partial charge in [0.15, 0.2) is 5.78 Å². The fraction of sp³-hybridized carbons (Fsp3) is 0. The summed E-state index contributed by atoms with van der Waals surface area (Å²) in [5.74, 6) is -0.907. The molecular weight excluding hydrogens is 370 g/mol. The van der Waals surface area contributed by atoms with Gasteiger partial charge in [0.1, 0.15) is 10.8 Å². The second-order valence-electron chi connectivity index (χ2n) is 5.50. The summed E-state index contributed by atoms with van der Waals surface area (Å²) in [6.45, 7) is 0. The summed E-state index contributed by atoms with van der Waals surface area (Å²) >= 11 is 5.79. The fourth-order valence-electron chi connectivity index (χ4n) is 2.46. The molecular formula is C20H12ClNO5. The first-order valence-electron chi connectivity index (χ1n) is 7.82. The van der Waals surface area contributed by atoms with Crippen molar-refractivity contribution in [2.24, 2.45) is 0 Å². The van der Waals surface area contributed by atoms with Crippen LogP contribution in [0.4, 0.5) is 5.69 Å². The van der Waals surface area contributed by atoms with Gasteiger partial charge in [0.2, 0.25) is 0 Å². The molecule has 0 aliphatic rings. The van der Waals surface area contributed by atoms with Gasteiger partial charge in [-0.1, -0.05) is 48.0 Å². The summed E-state index contributed by atoms with van der Waals surface area (Å²) in [4.78, 5) is 35.7. The SMILES string of the molecule is O=C(Oc1ccccc1)c1ccccc1C(=O)c1ccc(Cl)c([N+](=O)[O-])c1. The van der Waals surface area contributed by atoms with Crippen molar-refractivity contribution >= 4 is 29.0 Å². The van der Waals surface area contributed by atoms with E-state index in [0.29, 0.717) is 5.75 Å². The maximum atomic E-state index is 12.8. The molecule has 0 aromatic heterocycles. The van der Waals surface area contributed by atoms with E-state index in [1.54, 1.807) is 42.5 Å². The van der Waals surface area contributed by atoms with Crippen molar-refractivity contribution in [3.8, 4) is 5.75 Å². The average Bonchev–Trinajstić information content (AvgIpc) is 2.68. The molecule has 0 spiro atoms. The molecule has 0 radical (unpaired) electrons. The highest BCUT2D eigenvalue weighted by molar-refractivity contribution is 6.33. The maximum absolute atomic E-state index is 12.8. The van der Waals surface area contributed by atoms with Crippen LogP contribution in [0.25, 0.3) is 0 Å². The molecule has 0 fully saturated rings. The zero-order valence-corrected chi connectivity index (χ0v) is 14.6. The van der Waals surface area contributed by atoms with Crippen LogP contribution in [0.5, 0.6) is 5.75 Å². The number of rotatable bonds is 5. The predicted molar refractivity (Wildman–Crippen MR) is 99.4 cm³/mol. The first kappa shape index (κ1) is 18.3. The maximum Gasteiger partial charge on any atom is 0.344 e. The molecule has 0 aliphatic carbocycles. The number of halogens is 1. The van der Waals surface area contributed by atoms with Crippen LogP contribution in [0, 0.1) is 10.1 Å². The number of esters is 1. The van der Waals surface area contributed by atoms with Crippen molar-refractivity contribution in [2.75, 3.05) is 0 Å². The van der Waals surface area contributed by atoms with Crippen LogP contribution >= 0.6 is 11.6 Å². The number of ketones is 1. The molecule has 0 saturated carbocycles. The van der Waals surface area contributed by atoms with Crippen molar-refractivity contribution in [3.05, 3.63) is 105 Å². The van der Waals surface area contributed by atoms with Crippen molar-refractivity contribution in [1.82, 2.24) is 0 Å². The van der Waals surface area contributed by atoms with E-state index in [1.807, 2.05) is 0 Å². The molecule has 6 nitrogen and oxygen atoms in total. The number of hydrogen-bond donors (Lipinski definition) is 0. The van der Waals surface area contributed by atoms with Crippen LogP contribution in [0.2, 0.25) is 5.02 Å². The number of para-hydroxylation sites is 1. The Labute approximate surface area is 159 Å². The van der Waals surface area contributed by atoms with Crippen molar-refractivity contribution in [2.45, 2.75) is 0 Å². The number of nitro benzene ring substituents is 1. The molecule has 0 atom stereocenters. The number of nitrogens with zero attached hydrogens (tertiary/aromatic N) is 1. The first-order chi connectivity index (χ1) is 13.0. The molecule has 7 heteroatoms. The summed E-state index contributed by atoms with van der Waals surface area (Å²) in [6.07, 6.45) is 0. The van der Waals surface area contributed by atoms with Gasteiger partial charge in [0.05, 0.1) is 10.5 Å².